The summed E-state index contributed by atoms with van der Waals surface area (Å²) < 4.78 is 2.07. The smallest absolute Gasteiger partial charge is 0.106 e. The fraction of sp³-hybridized carbons (Fsp3) is 0.462. The Balaban J connectivity index is 2.51. The molecule has 4 heteroatoms. The van der Waals surface area contributed by atoms with Crippen LogP contribution in [0.1, 0.15) is 24.4 Å². The van der Waals surface area contributed by atoms with Crippen LogP contribution in [0.15, 0.2) is 18.2 Å². The quantitative estimate of drug-likeness (QED) is 0.845. The van der Waals surface area contributed by atoms with E-state index in [1.807, 2.05) is 33.2 Å². The van der Waals surface area contributed by atoms with Gasteiger partial charge in [-0.3, -0.25) is 0 Å². The van der Waals surface area contributed by atoms with Crippen LogP contribution in [-0.2, 0) is 7.05 Å². The van der Waals surface area contributed by atoms with Crippen LogP contribution in [0.4, 0.5) is 0 Å². The maximum Gasteiger partial charge on any atom is 0.106 e. The Bertz CT molecular complexity index is 531. The van der Waals surface area contributed by atoms with Gasteiger partial charge in [0.25, 0.3) is 0 Å². The third kappa shape index (κ3) is 2.06. The lowest BCUT2D eigenvalue weighted by Crippen LogP contribution is -2.26. The van der Waals surface area contributed by atoms with Crippen molar-refractivity contribution in [3.05, 3.63) is 29.6 Å². The third-order valence-electron chi connectivity index (χ3n) is 3.28. The number of imidazole rings is 1. The average Bonchev–Trinajstić information content (AvgIpc) is 2.55. The summed E-state index contributed by atoms with van der Waals surface area (Å²) in [5.74, 6) is 0.996. The molecule has 2 rings (SSSR count). The molecule has 0 saturated heterocycles. The maximum atomic E-state index is 9.71. The summed E-state index contributed by atoms with van der Waals surface area (Å²) in [6.07, 6.45) is -0.428. The topological polar surface area (TPSA) is 50.1 Å². The Labute approximate surface area is 101 Å². The molecule has 17 heavy (non-hydrogen) atoms. The van der Waals surface area contributed by atoms with Crippen LogP contribution in [0.5, 0.6) is 0 Å². The summed E-state index contributed by atoms with van der Waals surface area (Å²) in [7, 11) is 3.86. The van der Waals surface area contributed by atoms with Crippen molar-refractivity contribution < 1.29 is 5.11 Å². The van der Waals surface area contributed by atoms with Crippen LogP contribution in [-0.4, -0.2) is 27.8 Å². The van der Waals surface area contributed by atoms with Gasteiger partial charge < -0.3 is 15.0 Å². The molecule has 0 aliphatic rings. The summed E-state index contributed by atoms with van der Waals surface area (Å²) >= 11 is 0. The normalized spacial score (nSPS) is 15.1. The van der Waals surface area contributed by atoms with Crippen LogP contribution in [0.25, 0.3) is 11.0 Å². The molecule has 1 heterocycles. The third-order valence-corrected chi connectivity index (χ3v) is 3.28. The molecule has 92 valence electrons. The number of fused-ring (bicyclic) bond motifs is 1. The summed E-state index contributed by atoms with van der Waals surface area (Å²) in [6, 6.07) is 6.08. The Morgan fingerprint density at radius 3 is 2.71 bits per heavy atom. The van der Waals surface area contributed by atoms with Gasteiger partial charge in [0, 0.05) is 7.05 Å². The highest BCUT2D eigenvalue weighted by Gasteiger charge is 2.16. The van der Waals surface area contributed by atoms with Crippen molar-refractivity contribution in [2.24, 2.45) is 7.05 Å². The molecule has 0 aliphatic heterocycles. The van der Waals surface area contributed by atoms with E-state index in [-0.39, 0.29) is 6.04 Å². The van der Waals surface area contributed by atoms with Gasteiger partial charge in [-0.25, -0.2) is 4.98 Å². The number of hydrogen-bond donors (Lipinski definition) is 2. The van der Waals surface area contributed by atoms with Crippen molar-refractivity contribution >= 4 is 11.0 Å². The van der Waals surface area contributed by atoms with Crippen LogP contribution < -0.4 is 5.32 Å². The van der Waals surface area contributed by atoms with Crippen LogP contribution in [0, 0.1) is 6.92 Å². The molecule has 2 atom stereocenters. The van der Waals surface area contributed by atoms with Crippen molar-refractivity contribution in [1.29, 1.82) is 0 Å². The average molecular weight is 233 g/mol. The fourth-order valence-electron chi connectivity index (χ4n) is 2.22. The number of aliphatic hydroxyl groups is 1. The first-order chi connectivity index (χ1) is 8.04. The van der Waals surface area contributed by atoms with Crippen molar-refractivity contribution in [2.45, 2.75) is 26.0 Å². The zero-order chi connectivity index (χ0) is 12.6. The van der Waals surface area contributed by atoms with E-state index in [1.54, 1.807) is 6.92 Å². The molecular formula is C13H19N3O. The number of nitrogens with zero attached hydrogens (tertiary/aromatic N) is 2. The second-order valence-electron chi connectivity index (χ2n) is 4.47. The molecule has 0 aliphatic carbocycles. The fourth-order valence-corrected chi connectivity index (χ4v) is 2.22. The SMILES string of the molecule is CNC(c1ccc2c(c1)nc(C)n2C)C(C)O. The molecular weight excluding hydrogens is 214 g/mol. The highest BCUT2D eigenvalue weighted by Crippen LogP contribution is 2.22. The lowest BCUT2D eigenvalue weighted by atomic mass is 10.0. The standard InChI is InChI=1S/C13H19N3O/c1-8(17)13(14-3)10-5-6-12-11(7-10)15-9(2)16(12)4/h5-8,13-14,17H,1-4H3. The van der Waals surface area contributed by atoms with Gasteiger partial charge in [0.1, 0.15) is 5.82 Å². The van der Waals surface area contributed by atoms with Gasteiger partial charge in [-0.15, -0.1) is 0 Å². The van der Waals surface area contributed by atoms with Gasteiger partial charge in [-0.2, -0.15) is 0 Å². The van der Waals surface area contributed by atoms with E-state index in [0.29, 0.717) is 0 Å². The van der Waals surface area contributed by atoms with E-state index < -0.39 is 6.10 Å². The maximum absolute atomic E-state index is 9.71. The minimum Gasteiger partial charge on any atom is -0.391 e. The zero-order valence-corrected chi connectivity index (χ0v) is 10.7. The number of rotatable bonds is 3. The number of aromatic nitrogens is 2. The summed E-state index contributed by atoms with van der Waals surface area (Å²) in [5.41, 5.74) is 3.16. The summed E-state index contributed by atoms with van der Waals surface area (Å²) in [5, 5.41) is 12.8. The molecule has 2 N–H and O–H groups in total. The lowest BCUT2D eigenvalue weighted by Gasteiger charge is -2.19. The minimum absolute atomic E-state index is 0.0540. The summed E-state index contributed by atoms with van der Waals surface area (Å²) in [4.78, 5) is 4.50. The molecule has 4 nitrogen and oxygen atoms in total. The molecule has 0 bridgehead atoms. The van der Waals surface area contributed by atoms with Crippen molar-refractivity contribution in [1.82, 2.24) is 14.9 Å². The molecule has 0 amide bonds. The van der Waals surface area contributed by atoms with Gasteiger partial charge in [0.2, 0.25) is 0 Å². The first kappa shape index (κ1) is 12.1. The van der Waals surface area contributed by atoms with E-state index in [4.69, 9.17) is 0 Å². The second kappa shape index (κ2) is 4.47. The van der Waals surface area contributed by atoms with E-state index >= 15 is 0 Å². The zero-order valence-electron chi connectivity index (χ0n) is 10.7. The largest absolute Gasteiger partial charge is 0.391 e. The molecule has 0 saturated carbocycles. The number of likely N-dealkylation sites (N-methyl/N-ethyl adjacent to an activating group) is 1. The number of nitrogens with one attached hydrogen (secondary N) is 1. The van der Waals surface area contributed by atoms with E-state index in [2.05, 4.69) is 20.9 Å². The molecule has 2 unspecified atom stereocenters. The molecule has 1 aromatic carbocycles. The van der Waals surface area contributed by atoms with Crippen molar-refractivity contribution in [3.63, 3.8) is 0 Å². The Morgan fingerprint density at radius 2 is 2.12 bits per heavy atom. The molecule has 0 radical (unpaired) electrons. The van der Waals surface area contributed by atoms with Gasteiger partial charge in [0.15, 0.2) is 0 Å². The number of hydrogen-bond acceptors (Lipinski definition) is 3. The Kier molecular flexibility index (Phi) is 3.17. The Morgan fingerprint density at radius 1 is 1.41 bits per heavy atom. The number of aryl methyl sites for hydroxylation is 2. The van der Waals surface area contributed by atoms with Gasteiger partial charge >= 0.3 is 0 Å². The predicted octanol–water partition coefficient (Wildman–Crippen LogP) is 1.52. The molecule has 2 aromatic rings. The first-order valence-electron chi connectivity index (χ1n) is 5.83. The first-order valence-corrected chi connectivity index (χ1v) is 5.83. The molecule has 1 aromatic heterocycles. The van der Waals surface area contributed by atoms with Crippen LogP contribution in [0.2, 0.25) is 0 Å². The van der Waals surface area contributed by atoms with Gasteiger partial charge in [-0.05, 0) is 38.6 Å². The molecule has 0 spiro atoms. The second-order valence-corrected chi connectivity index (χ2v) is 4.47. The lowest BCUT2D eigenvalue weighted by molar-refractivity contribution is 0.150. The number of aliphatic hydroxyl groups excluding tert-OH is 1. The van der Waals surface area contributed by atoms with Crippen molar-refractivity contribution in [3.8, 4) is 0 Å². The van der Waals surface area contributed by atoms with Gasteiger partial charge in [0.05, 0.1) is 23.2 Å². The highest BCUT2D eigenvalue weighted by atomic mass is 16.3. The minimum atomic E-state index is -0.428. The highest BCUT2D eigenvalue weighted by molar-refractivity contribution is 5.77. The van der Waals surface area contributed by atoms with Crippen LogP contribution in [0.3, 0.4) is 0 Å². The predicted molar refractivity (Wildman–Crippen MR) is 68.9 cm³/mol. The molecule has 0 fully saturated rings. The van der Waals surface area contributed by atoms with Crippen LogP contribution >= 0.6 is 0 Å². The van der Waals surface area contributed by atoms with E-state index in [1.165, 1.54) is 0 Å². The van der Waals surface area contributed by atoms with Gasteiger partial charge in [-0.1, -0.05) is 6.07 Å². The van der Waals surface area contributed by atoms with E-state index in [9.17, 15) is 5.11 Å². The monoisotopic (exact) mass is 233 g/mol. The van der Waals surface area contributed by atoms with E-state index in [0.717, 1.165) is 22.4 Å². The van der Waals surface area contributed by atoms with Crippen molar-refractivity contribution in [2.75, 3.05) is 7.05 Å². The number of benzene rings is 1. The Hall–Kier alpha value is -1.39. The summed E-state index contributed by atoms with van der Waals surface area (Å²) in [6.45, 7) is 3.78.